The van der Waals surface area contributed by atoms with E-state index in [9.17, 15) is 4.79 Å². The zero-order valence-electron chi connectivity index (χ0n) is 8.32. The van der Waals surface area contributed by atoms with E-state index in [1.54, 1.807) is 0 Å². The third-order valence-corrected chi connectivity index (χ3v) is 3.01. The summed E-state index contributed by atoms with van der Waals surface area (Å²) in [4.78, 5) is 13.1. The van der Waals surface area contributed by atoms with Gasteiger partial charge in [-0.25, -0.2) is 0 Å². The normalized spacial score (nSPS) is 15.4. The molecule has 0 bridgehead atoms. The van der Waals surface area contributed by atoms with Crippen LogP contribution in [-0.4, -0.2) is 19.4 Å². The maximum absolute atomic E-state index is 10.9. The molecule has 1 aliphatic heterocycles. The van der Waals surface area contributed by atoms with Crippen LogP contribution < -0.4 is 4.90 Å². The van der Waals surface area contributed by atoms with Crippen LogP contribution in [0.25, 0.3) is 0 Å². The molecule has 0 aliphatic carbocycles. The summed E-state index contributed by atoms with van der Waals surface area (Å²) in [7, 11) is 0. The van der Waals surface area contributed by atoms with Gasteiger partial charge in [0.25, 0.3) is 0 Å². The highest BCUT2D eigenvalue weighted by Crippen LogP contribution is 2.25. The van der Waals surface area contributed by atoms with Gasteiger partial charge in [0.15, 0.2) is 6.29 Å². The summed E-state index contributed by atoms with van der Waals surface area (Å²) in [5, 5.41) is 0. The van der Waals surface area contributed by atoms with E-state index >= 15 is 0 Å². The van der Waals surface area contributed by atoms with Gasteiger partial charge in [-0.1, -0.05) is 28.1 Å². The molecule has 0 fully saturated rings. The van der Waals surface area contributed by atoms with Gasteiger partial charge in [-0.3, -0.25) is 4.79 Å². The molecule has 0 radical (unpaired) electrons. The molecular weight excluding hydrogens is 254 g/mol. The minimum absolute atomic E-state index is 0.758. The van der Waals surface area contributed by atoms with E-state index in [4.69, 9.17) is 0 Å². The molecule has 2 rings (SSSR count). The average Bonchev–Trinajstić information content (AvgIpc) is 2.30. The number of aldehydes is 1. The Morgan fingerprint density at radius 1 is 1.33 bits per heavy atom. The zero-order chi connectivity index (χ0) is 10.7. The smallest absolute Gasteiger partial charge is 0.152 e. The number of halogens is 1. The highest BCUT2D eigenvalue weighted by Gasteiger charge is 2.11. The lowest BCUT2D eigenvalue weighted by molar-refractivity contribution is 0.112. The largest absolute Gasteiger partial charge is 0.367 e. The summed E-state index contributed by atoms with van der Waals surface area (Å²) in [5.41, 5.74) is 1.78. The molecule has 78 valence electrons. The van der Waals surface area contributed by atoms with E-state index in [-0.39, 0.29) is 0 Å². The molecule has 2 nitrogen and oxygen atoms in total. The van der Waals surface area contributed by atoms with Gasteiger partial charge in [0.1, 0.15) is 0 Å². The van der Waals surface area contributed by atoms with Crippen molar-refractivity contribution < 1.29 is 4.79 Å². The summed E-state index contributed by atoms with van der Waals surface area (Å²) < 4.78 is 1.01. The van der Waals surface area contributed by atoms with Crippen molar-refractivity contribution in [2.75, 3.05) is 18.0 Å². The Morgan fingerprint density at radius 3 is 2.87 bits per heavy atom. The van der Waals surface area contributed by atoms with Gasteiger partial charge >= 0.3 is 0 Å². The van der Waals surface area contributed by atoms with Crippen LogP contribution in [0.1, 0.15) is 16.8 Å². The number of carbonyl (C=O) groups is 1. The van der Waals surface area contributed by atoms with Gasteiger partial charge in [0.2, 0.25) is 0 Å². The van der Waals surface area contributed by atoms with Gasteiger partial charge in [-0.05, 0) is 24.6 Å². The summed E-state index contributed by atoms with van der Waals surface area (Å²) >= 11 is 3.43. The molecule has 0 amide bonds. The van der Waals surface area contributed by atoms with Gasteiger partial charge in [-0.2, -0.15) is 0 Å². The van der Waals surface area contributed by atoms with E-state index < -0.39 is 0 Å². The second kappa shape index (κ2) is 4.62. The number of nitrogens with zero attached hydrogens (tertiary/aromatic N) is 1. The number of anilines is 1. The Hall–Kier alpha value is -1.09. The van der Waals surface area contributed by atoms with Gasteiger partial charge in [0, 0.05) is 28.8 Å². The third-order valence-electron chi connectivity index (χ3n) is 2.52. The Morgan fingerprint density at radius 2 is 2.20 bits per heavy atom. The second-order valence-corrected chi connectivity index (χ2v) is 4.44. The van der Waals surface area contributed by atoms with Crippen LogP contribution in [0.3, 0.4) is 0 Å². The van der Waals surface area contributed by atoms with Crippen molar-refractivity contribution >= 4 is 27.9 Å². The van der Waals surface area contributed by atoms with Gasteiger partial charge in [0.05, 0.1) is 0 Å². The molecule has 1 heterocycles. The molecule has 0 spiro atoms. The van der Waals surface area contributed by atoms with Gasteiger partial charge < -0.3 is 4.90 Å². The van der Waals surface area contributed by atoms with Crippen LogP contribution in [0.15, 0.2) is 34.8 Å². The summed E-state index contributed by atoms with van der Waals surface area (Å²) in [5.74, 6) is 0. The molecule has 15 heavy (non-hydrogen) atoms. The Bertz CT molecular complexity index is 401. The van der Waals surface area contributed by atoms with E-state index in [2.05, 4.69) is 33.0 Å². The van der Waals surface area contributed by atoms with Crippen molar-refractivity contribution in [2.45, 2.75) is 6.42 Å². The third kappa shape index (κ3) is 2.29. The zero-order valence-corrected chi connectivity index (χ0v) is 9.90. The fourth-order valence-corrected chi connectivity index (χ4v) is 2.10. The number of carbonyl (C=O) groups excluding carboxylic acids is 1. The Balaban J connectivity index is 2.36. The summed E-state index contributed by atoms with van der Waals surface area (Å²) in [6.07, 6.45) is 6.28. The standard InChI is InChI=1S/C12H12BrNO/c13-11-5-4-10(9-15)12(8-11)14-6-2-1-3-7-14/h1-2,4-5,8-9H,3,6-7H2. The average molecular weight is 266 g/mol. The lowest BCUT2D eigenvalue weighted by atomic mass is 10.1. The fraction of sp³-hybridized carbons (Fsp3) is 0.250. The molecular formula is C12H12BrNO. The summed E-state index contributed by atoms with van der Waals surface area (Å²) in [6, 6.07) is 5.75. The van der Waals surface area contributed by atoms with Crippen LogP contribution in [0, 0.1) is 0 Å². The molecule has 0 aromatic heterocycles. The Kier molecular flexibility index (Phi) is 3.21. The maximum atomic E-state index is 10.9. The van der Waals surface area contributed by atoms with Crippen molar-refractivity contribution in [3.63, 3.8) is 0 Å². The second-order valence-electron chi connectivity index (χ2n) is 3.53. The molecule has 0 N–H and O–H groups in total. The van der Waals surface area contributed by atoms with Crippen molar-refractivity contribution in [3.8, 4) is 0 Å². The Labute approximate surface area is 97.7 Å². The fourth-order valence-electron chi connectivity index (χ4n) is 1.75. The molecule has 1 aromatic carbocycles. The van der Waals surface area contributed by atoms with Crippen molar-refractivity contribution in [3.05, 3.63) is 40.4 Å². The first-order valence-electron chi connectivity index (χ1n) is 4.96. The number of benzene rings is 1. The first-order chi connectivity index (χ1) is 7.31. The van der Waals surface area contributed by atoms with Crippen molar-refractivity contribution in [2.24, 2.45) is 0 Å². The lowest BCUT2D eigenvalue weighted by Crippen LogP contribution is -2.27. The first kappa shape index (κ1) is 10.4. The van der Waals surface area contributed by atoms with Crippen LogP contribution in [0.5, 0.6) is 0 Å². The summed E-state index contributed by atoms with van der Waals surface area (Å²) in [6.45, 7) is 1.87. The highest BCUT2D eigenvalue weighted by molar-refractivity contribution is 9.10. The first-order valence-corrected chi connectivity index (χ1v) is 5.75. The van der Waals surface area contributed by atoms with E-state index in [1.807, 2.05) is 18.2 Å². The SMILES string of the molecule is O=Cc1ccc(Br)cc1N1CC=CCC1. The van der Waals surface area contributed by atoms with E-state index in [0.717, 1.165) is 41.5 Å². The topological polar surface area (TPSA) is 20.3 Å². The van der Waals surface area contributed by atoms with Crippen LogP contribution >= 0.6 is 15.9 Å². The minimum Gasteiger partial charge on any atom is -0.367 e. The molecule has 1 aliphatic rings. The quantitative estimate of drug-likeness (QED) is 0.605. The van der Waals surface area contributed by atoms with E-state index in [1.165, 1.54) is 0 Å². The number of hydrogen-bond acceptors (Lipinski definition) is 2. The molecule has 1 aromatic rings. The number of hydrogen-bond donors (Lipinski definition) is 0. The van der Waals surface area contributed by atoms with Crippen LogP contribution in [-0.2, 0) is 0 Å². The van der Waals surface area contributed by atoms with Gasteiger partial charge in [-0.15, -0.1) is 0 Å². The van der Waals surface area contributed by atoms with Crippen LogP contribution in [0.4, 0.5) is 5.69 Å². The van der Waals surface area contributed by atoms with Crippen molar-refractivity contribution in [1.29, 1.82) is 0 Å². The van der Waals surface area contributed by atoms with E-state index in [0.29, 0.717) is 0 Å². The number of rotatable bonds is 2. The molecule has 0 atom stereocenters. The molecule has 0 saturated heterocycles. The lowest BCUT2D eigenvalue weighted by Gasteiger charge is -2.26. The molecule has 3 heteroatoms. The molecule has 0 saturated carbocycles. The predicted octanol–water partition coefficient (Wildman–Crippen LogP) is 3.03. The van der Waals surface area contributed by atoms with Crippen molar-refractivity contribution in [1.82, 2.24) is 0 Å². The predicted molar refractivity (Wildman–Crippen MR) is 65.5 cm³/mol. The van der Waals surface area contributed by atoms with Crippen LogP contribution in [0.2, 0.25) is 0 Å². The highest BCUT2D eigenvalue weighted by atomic mass is 79.9. The maximum Gasteiger partial charge on any atom is 0.152 e. The monoisotopic (exact) mass is 265 g/mol. The minimum atomic E-state index is 0.758. The molecule has 0 unspecified atom stereocenters.